The summed E-state index contributed by atoms with van der Waals surface area (Å²) in [4.78, 5) is 3.99. The molecule has 0 saturated carbocycles. The average Bonchev–Trinajstić information content (AvgIpc) is 3.04. The Labute approximate surface area is 177 Å². The third kappa shape index (κ3) is 3.82. The molecule has 0 N–H and O–H groups in total. The van der Waals surface area contributed by atoms with Crippen LogP contribution in [-0.4, -0.2) is 22.6 Å². The summed E-state index contributed by atoms with van der Waals surface area (Å²) in [7, 11) is 2.23. The molecule has 4 aromatic rings. The number of rotatable bonds is 5. The van der Waals surface area contributed by atoms with E-state index in [0.717, 1.165) is 12.3 Å². The standard InChI is InChI=1S/C26H28N2S/c1-27-25-12-6-5-11-23(25)24(18-28-15-7-2-8-16-28)26(27)19-29-22-14-13-20-9-3-4-10-21(20)17-22/h3-6,9-14,17H,2,7-8,15-16,18-19H2,1H3. The van der Waals surface area contributed by atoms with Crippen molar-refractivity contribution >= 4 is 33.4 Å². The highest BCUT2D eigenvalue weighted by molar-refractivity contribution is 7.98. The van der Waals surface area contributed by atoms with Crippen LogP contribution in [0.15, 0.2) is 71.6 Å². The number of benzene rings is 3. The quantitative estimate of drug-likeness (QED) is 0.348. The Morgan fingerprint density at radius 2 is 1.59 bits per heavy atom. The first-order valence-electron chi connectivity index (χ1n) is 10.7. The molecular formula is C26H28N2S. The lowest BCUT2D eigenvalue weighted by Gasteiger charge is -2.26. The maximum atomic E-state index is 2.65. The van der Waals surface area contributed by atoms with Gasteiger partial charge in [0.15, 0.2) is 0 Å². The van der Waals surface area contributed by atoms with Gasteiger partial charge in [-0.05, 0) is 60.5 Å². The molecule has 0 radical (unpaired) electrons. The summed E-state index contributed by atoms with van der Waals surface area (Å²) in [5.74, 6) is 1.01. The van der Waals surface area contributed by atoms with Crippen LogP contribution >= 0.6 is 11.8 Å². The maximum absolute atomic E-state index is 2.65. The molecular weight excluding hydrogens is 372 g/mol. The van der Waals surface area contributed by atoms with E-state index >= 15 is 0 Å². The average molecular weight is 401 g/mol. The van der Waals surface area contributed by atoms with Crippen LogP contribution in [0, 0.1) is 0 Å². The topological polar surface area (TPSA) is 8.17 Å². The molecule has 2 nitrogen and oxygen atoms in total. The van der Waals surface area contributed by atoms with Crippen molar-refractivity contribution < 1.29 is 0 Å². The third-order valence-corrected chi connectivity index (χ3v) is 7.28. The minimum atomic E-state index is 1.01. The summed E-state index contributed by atoms with van der Waals surface area (Å²) in [5, 5.41) is 4.06. The molecule has 3 heteroatoms. The molecule has 0 unspecified atom stereocenters. The molecule has 3 aromatic carbocycles. The Morgan fingerprint density at radius 3 is 2.45 bits per heavy atom. The van der Waals surface area contributed by atoms with Crippen molar-refractivity contribution in [2.24, 2.45) is 7.05 Å². The number of hydrogen-bond acceptors (Lipinski definition) is 2. The highest BCUT2D eigenvalue weighted by Gasteiger charge is 2.19. The first-order chi connectivity index (χ1) is 14.3. The van der Waals surface area contributed by atoms with Gasteiger partial charge in [0.2, 0.25) is 0 Å². The van der Waals surface area contributed by atoms with E-state index in [0.29, 0.717) is 0 Å². The zero-order valence-corrected chi connectivity index (χ0v) is 17.9. The molecule has 1 aromatic heterocycles. The van der Waals surface area contributed by atoms with Crippen LogP contribution in [0.5, 0.6) is 0 Å². The molecule has 0 atom stereocenters. The van der Waals surface area contributed by atoms with Crippen LogP contribution in [0.1, 0.15) is 30.5 Å². The molecule has 1 aliphatic rings. The number of thioether (sulfide) groups is 1. The molecule has 1 fully saturated rings. The monoisotopic (exact) mass is 400 g/mol. The van der Waals surface area contributed by atoms with Crippen molar-refractivity contribution in [1.82, 2.24) is 9.47 Å². The molecule has 148 valence electrons. The highest BCUT2D eigenvalue weighted by Crippen LogP contribution is 2.33. The first-order valence-corrected chi connectivity index (χ1v) is 11.7. The zero-order chi connectivity index (χ0) is 19.6. The number of nitrogens with zero attached hydrogens (tertiary/aromatic N) is 2. The van der Waals surface area contributed by atoms with Crippen LogP contribution in [0.2, 0.25) is 0 Å². The van der Waals surface area contributed by atoms with E-state index in [-0.39, 0.29) is 0 Å². The van der Waals surface area contributed by atoms with Crippen molar-refractivity contribution in [3.63, 3.8) is 0 Å². The Hall–Kier alpha value is -2.23. The predicted octanol–water partition coefficient (Wildman–Crippen LogP) is 6.61. The van der Waals surface area contributed by atoms with E-state index in [1.165, 1.54) is 70.2 Å². The molecule has 0 spiro atoms. The van der Waals surface area contributed by atoms with E-state index in [1.807, 2.05) is 11.8 Å². The summed E-state index contributed by atoms with van der Waals surface area (Å²) in [5.41, 5.74) is 4.35. The minimum absolute atomic E-state index is 1.01. The second kappa shape index (κ2) is 8.25. The SMILES string of the molecule is Cn1c(CSc2ccc3ccccc3c2)c(CN2CCCCC2)c2ccccc21. The second-order valence-corrected chi connectivity index (χ2v) is 9.18. The largest absolute Gasteiger partial charge is 0.347 e. The molecule has 1 saturated heterocycles. The van der Waals surface area contributed by atoms with Crippen molar-refractivity contribution in [3.05, 3.63) is 78.0 Å². The van der Waals surface area contributed by atoms with Gasteiger partial charge in [0, 0.05) is 40.8 Å². The maximum Gasteiger partial charge on any atom is 0.0483 e. The van der Waals surface area contributed by atoms with Gasteiger partial charge in [-0.25, -0.2) is 0 Å². The second-order valence-electron chi connectivity index (χ2n) is 8.14. The molecule has 0 amide bonds. The summed E-state index contributed by atoms with van der Waals surface area (Å²) in [6.45, 7) is 3.55. The van der Waals surface area contributed by atoms with E-state index in [2.05, 4.69) is 83.2 Å². The van der Waals surface area contributed by atoms with Gasteiger partial charge in [-0.15, -0.1) is 11.8 Å². The number of aromatic nitrogens is 1. The van der Waals surface area contributed by atoms with Gasteiger partial charge in [-0.2, -0.15) is 0 Å². The zero-order valence-electron chi connectivity index (χ0n) is 17.1. The summed E-state index contributed by atoms with van der Waals surface area (Å²) in [6.07, 6.45) is 4.06. The smallest absolute Gasteiger partial charge is 0.0483 e. The van der Waals surface area contributed by atoms with Gasteiger partial charge in [0.1, 0.15) is 0 Å². The molecule has 1 aliphatic heterocycles. The number of para-hydroxylation sites is 1. The van der Waals surface area contributed by atoms with Gasteiger partial charge in [-0.1, -0.05) is 55.0 Å². The molecule has 5 rings (SSSR count). The fraction of sp³-hybridized carbons (Fsp3) is 0.308. The Bertz CT molecular complexity index is 1140. The van der Waals surface area contributed by atoms with Gasteiger partial charge < -0.3 is 4.57 Å². The Kier molecular flexibility index (Phi) is 5.34. The molecule has 0 bridgehead atoms. The molecule has 29 heavy (non-hydrogen) atoms. The van der Waals surface area contributed by atoms with Crippen molar-refractivity contribution in [3.8, 4) is 0 Å². The van der Waals surface area contributed by atoms with Crippen LogP contribution in [0.3, 0.4) is 0 Å². The highest BCUT2D eigenvalue weighted by atomic mass is 32.2. The lowest BCUT2D eigenvalue weighted by molar-refractivity contribution is 0.221. The van der Waals surface area contributed by atoms with Gasteiger partial charge in [0.05, 0.1) is 0 Å². The minimum Gasteiger partial charge on any atom is -0.347 e. The van der Waals surface area contributed by atoms with Crippen LogP contribution in [0.25, 0.3) is 21.7 Å². The number of hydrogen-bond donors (Lipinski definition) is 0. The fourth-order valence-electron chi connectivity index (χ4n) is 4.63. The predicted molar refractivity (Wildman–Crippen MR) is 126 cm³/mol. The van der Waals surface area contributed by atoms with Crippen LogP contribution in [0.4, 0.5) is 0 Å². The van der Waals surface area contributed by atoms with E-state index < -0.39 is 0 Å². The summed E-state index contributed by atoms with van der Waals surface area (Å²) in [6, 6.07) is 24.4. The van der Waals surface area contributed by atoms with E-state index in [1.54, 1.807) is 0 Å². The van der Waals surface area contributed by atoms with E-state index in [4.69, 9.17) is 0 Å². The number of aryl methyl sites for hydroxylation is 1. The number of fused-ring (bicyclic) bond motifs is 2. The number of piperidine rings is 1. The first kappa shape index (κ1) is 18.8. The molecule has 0 aliphatic carbocycles. The fourth-order valence-corrected chi connectivity index (χ4v) is 5.68. The van der Waals surface area contributed by atoms with E-state index in [9.17, 15) is 0 Å². The van der Waals surface area contributed by atoms with Gasteiger partial charge in [-0.3, -0.25) is 4.90 Å². The Morgan fingerprint density at radius 1 is 0.828 bits per heavy atom. The van der Waals surface area contributed by atoms with Gasteiger partial charge >= 0.3 is 0 Å². The molecule has 2 heterocycles. The van der Waals surface area contributed by atoms with Crippen LogP contribution in [-0.2, 0) is 19.3 Å². The Balaban J connectivity index is 1.46. The lowest BCUT2D eigenvalue weighted by Crippen LogP contribution is -2.29. The normalized spacial score (nSPS) is 15.3. The summed E-state index contributed by atoms with van der Waals surface area (Å²) < 4.78 is 2.42. The van der Waals surface area contributed by atoms with Crippen LogP contribution < -0.4 is 0 Å². The van der Waals surface area contributed by atoms with Crippen molar-refractivity contribution in [2.75, 3.05) is 13.1 Å². The van der Waals surface area contributed by atoms with Gasteiger partial charge in [0.25, 0.3) is 0 Å². The van der Waals surface area contributed by atoms with Crippen molar-refractivity contribution in [1.29, 1.82) is 0 Å². The lowest BCUT2D eigenvalue weighted by atomic mass is 10.1. The summed E-state index contributed by atoms with van der Waals surface area (Å²) >= 11 is 1.95. The third-order valence-electron chi connectivity index (χ3n) is 6.27. The number of likely N-dealkylation sites (tertiary alicyclic amines) is 1. The van der Waals surface area contributed by atoms with Crippen molar-refractivity contribution in [2.45, 2.75) is 36.5 Å².